The Bertz CT molecular complexity index is 1340. The van der Waals surface area contributed by atoms with E-state index in [0.29, 0.717) is 22.5 Å². The summed E-state index contributed by atoms with van der Waals surface area (Å²) in [6.07, 6.45) is -0.294. The number of anilines is 1. The van der Waals surface area contributed by atoms with Gasteiger partial charge in [-0.1, -0.05) is 0 Å². The number of nitrogens with one attached hydrogen (secondary N) is 2. The maximum absolute atomic E-state index is 13.5. The van der Waals surface area contributed by atoms with Crippen molar-refractivity contribution in [2.24, 2.45) is 0 Å². The summed E-state index contributed by atoms with van der Waals surface area (Å²) in [5.41, 5.74) is 1.11. The lowest BCUT2D eigenvalue weighted by Gasteiger charge is -2.37. The zero-order chi connectivity index (χ0) is 28.0. The SMILES string of the molecule is Cc1cc(N[C@@H](C)C(F)(F)F)ncc1-c1sc(C(=O)NC2CN(S(C)(=O)=O)C2)nc1C(=O)N1CCC[C@@H]1C. The molecule has 2 aliphatic rings. The van der Waals surface area contributed by atoms with Gasteiger partial charge in [-0.3, -0.25) is 9.59 Å². The van der Waals surface area contributed by atoms with Gasteiger partial charge in [0.25, 0.3) is 11.8 Å². The Kier molecular flexibility index (Phi) is 7.74. The van der Waals surface area contributed by atoms with Crippen molar-refractivity contribution in [1.82, 2.24) is 24.5 Å². The predicted molar refractivity (Wildman–Crippen MR) is 137 cm³/mol. The summed E-state index contributed by atoms with van der Waals surface area (Å²) in [6, 6.07) is -0.733. The zero-order valence-electron chi connectivity index (χ0n) is 21.3. The molecule has 0 radical (unpaired) electrons. The summed E-state index contributed by atoms with van der Waals surface area (Å²) in [5.74, 6) is -0.842. The lowest BCUT2D eigenvalue weighted by molar-refractivity contribution is -0.138. The van der Waals surface area contributed by atoms with E-state index in [2.05, 4.69) is 20.6 Å². The van der Waals surface area contributed by atoms with Gasteiger partial charge < -0.3 is 15.5 Å². The van der Waals surface area contributed by atoms with E-state index in [9.17, 15) is 31.2 Å². The molecule has 2 aromatic rings. The molecule has 2 amide bonds. The van der Waals surface area contributed by atoms with Crippen molar-refractivity contribution in [3.63, 3.8) is 0 Å². The summed E-state index contributed by atoms with van der Waals surface area (Å²) in [6.45, 7) is 5.45. The molecule has 15 heteroatoms. The second-order valence-electron chi connectivity index (χ2n) is 9.73. The van der Waals surface area contributed by atoms with Crippen LogP contribution in [-0.2, 0) is 10.0 Å². The van der Waals surface area contributed by atoms with Crippen LogP contribution in [0, 0.1) is 6.92 Å². The normalized spacial score (nSPS) is 19.8. The van der Waals surface area contributed by atoms with Gasteiger partial charge in [-0.25, -0.2) is 18.4 Å². The molecule has 2 saturated heterocycles. The number of pyridine rings is 1. The third-order valence-corrected chi connectivity index (χ3v) is 9.02. The number of amides is 2. The van der Waals surface area contributed by atoms with Crippen LogP contribution in [0.5, 0.6) is 0 Å². The van der Waals surface area contributed by atoms with Crippen LogP contribution >= 0.6 is 11.3 Å². The standard InChI is InChI=1S/C23H29F3N6O4S2/c1-12-8-17(28-14(3)23(24,25)26)27-9-16(12)19-18(22(34)32-7-5-6-13(32)2)30-21(37-19)20(33)29-15-10-31(11-15)38(4,35)36/h8-9,13-15H,5-7,10-11H2,1-4H3,(H,27,28)(H,29,33)/t13-,14-/m0/s1. The molecule has 0 bridgehead atoms. The van der Waals surface area contributed by atoms with Crippen LogP contribution in [0.4, 0.5) is 19.0 Å². The number of likely N-dealkylation sites (tertiary alicyclic amines) is 1. The van der Waals surface area contributed by atoms with Crippen molar-refractivity contribution in [1.29, 1.82) is 0 Å². The Morgan fingerprint density at radius 3 is 2.50 bits per heavy atom. The summed E-state index contributed by atoms with van der Waals surface area (Å²) in [4.78, 5) is 37.0. The molecule has 0 aliphatic carbocycles. The Labute approximate surface area is 222 Å². The van der Waals surface area contributed by atoms with Gasteiger partial charge in [0, 0.05) is 37.4 Å². The molecule has 2 aromatic heterocycles. The molecule has 4 rings (SSSR count). The summed E-state index contributed by atoms with van der Waals surface area (Å²) in [5, 5.41) is 5.10. The fourth-order valence-electron chi connectivity index (χ4n) is 4.34. The number of nitrogens with zero attached hydrogens (tertiary/aromatic N) is 4. The number of rotatable bonds is 7. The maximum atomic E-state index is 13.5. The minimum atomic E-state index is -4.45. The fraction of sp³-hybridized carbons (Fsp3) is 0.565. The van der Waals surface area contributed by atoms with E-state index >= 15 is 0 Å². The van der Waals surface area contributed by atoms with E-state index in [1.165, 1.54) is 16.6 Å². The molecule has 208 valence electrons. The number of thiazole rings is 1. The second kappa shape index (κ2) is 10.4. The lowest BCUT2D eigenvalue weighted by Crippen LogP contribution is -2.60. The molecule has 0 unspecified atom stereocenters. The van der Waals surface area contributed by atoms with E-state index in [-0.39, 0.29) is 47.6 Å². The number of carbonyl (C=O) groups excluding carboxylic acids is 2. The molecule has 38 heavy (non-hydrogen) atoms. The average molecular weight is 575 g/mol. The van der Waals surface area contributed by atoms with Crippen molar-refractivity contribution in [3.05, 3.63) is 28.5 Å². The van der Waals surface area contributed by atoms with E-state index in [4.69, 9.17) is 0 Å². The first-order chi connectivity index (χ1) is 17.6. The lowest BCUT2D eigenvalue weighted by atomic mass is 10.1. The summed E-state index contributed by atoms with van der Waals surface area (Å²) >= 11 is 0.987. The van der Waals surface area contributed by atoms with E-state index in [1.807, 2.05) is 6.92 Å². The molecule has 0 saturated carbocycles. The molecule has 2 aliphatic heterocycles. The van der Waals surface area contributed by atoms with E-state index in [0.717, 1.165) is 37.4 Å². The van der Waals surface area contributed by atoms with Crippen molar-refractivity contribution < 1.29 is 31.2 Å². The quantitative estimate of drug-likeness (QED) is 0.521. The van der Waals surface area contributed by atoms with Crippen molar-refractivity contribution in [3.8, 4) is 10.4 Å². The van der Waals surface area contributed by atoms with Gasteiger partial charge >= 0.3 is 6.18 Å². The average Bonchev–Trinajstić information content (AvgIpc) is 3.40. The topological polar surface area (TPSA) is 125 Å². The number of aromatic nitrogens is 2. The van der Waals surface area contributed by atoms with Gasteiger partial charge in [-0.15, -0.1) is 11.3 Å². The number of aryl methyl sites for hydroxylation is 1. The minimum absolute atomic E-state index is 0.000864. The molecule has 4 heterocycles. The highest BCUT2D eigenvalue weighted by Gasteiger charge is 2.37. The monoisotopic (exact) mass is 574 g/mol. The highest BCUT2D eigenvalue weighted by Crippen LogP contribution is 2.35. The van der Waals surface area contributed by atoms with Gasteiger partial charge in [-0.05, 0) is 45.2 Å². The highest BCUT2D eigenvalue weighted by molar-refractivity contribution is 7.88. The number of hydrogen-bond acceptors (Lipinski definition) is 8. The number of carbonyl (C=O) groups is 2. The first-order valence-electron chi connectivity index (χ1n) is 12.0. The molecule has 2 fully saturated rings. The predicted octanol–water partition coefficient (Wildman–Crippen LogP) is 2.87. The molecule has 2 N–H and O–H groups in total. The Hall–Kier alpha value is -2.78. The van der Waals surface area contributed by atoms with Gasteiger partial charge in [0.1, 0.15) is 17.6 Å². The van der Waals surface area contributed by atoms with E-state index < -0.39 is 28.1 Å². The maximum Gasteiger partial charge on any atom is 0.408 e. The number of hydrogen-bond donors (Lipinski definition) is 2. The smallest absolute Gasteiger partial charge is 0.359 e. The first-order valence-corrected chi connectivity index (χ1v) is 14.7. The summed E-state index contributed by atoms with van der Waals surface area (Å²) in [7, 11) is -3.34. The van der Waals surface area contributed by atoms with Gasteiger partial charge in [0.05, 0.1) is 17.2 Å². The Balaban J connectivity index is 1.63. The van der Waals surface area contributed by atoms with Gasteiger partial charge in [0.2, 0.25) is 10.0 Å². The van der Waals surface area contributed by atoms with E-state index in [1.54, 1.807) is 11.8 Å². The van der Waals surface area contributed by atoms with Crippen molar-refractivity contribution in [2.45, 2.75) is 57.9 Å². The second-order valence-corrected chi connectivity index (χ2v) is 12.7. The van der Waals surface area contributed by atoms with Gasteiger partial charge in [0.15, 0.2) is 5.01 Å². The van der Waals surface area contributed by atoms with Crippen LogP contribution in [0.3, 0.4) is 0 Å². The molecular weight excluding hydrogens is 545 g/mol. The molecule has 2 atom stereocenters. The highest BCUT2D eigenvalue weighted by atomic mass is 32.2. The van der Waals surface area contributed by atoms with Gasteiger partial charge in [-0.2, -0.15) is 17.5 Å². The third-order valence-electron chi connectivity index (χ3n) is 6.70. The first kappa shape index (κ1) is 28.2. The zero-order valence-corrected chi connectivity index (χ0v) is 22.9. The molecule has 10 nitrogen and oxygen atoms in total. The van der Waals surface area contributed by atoms with Crippen molar-refractivity contribution in [2.75, 3.05) is 31.2 Å². The number of sulfonamides is 1. The minimum Gasteiger partial charge on any atom is -0.359 e. The Morgan fingerprint density at radius 1 is 1.26 bits per heavy atom. The molecule has 0 aromatic carbocycles. The molecular formula is C23H29F3N6O4S2. The van der Waals surface area contributed by atoms with Crippen LogP contribution in [0.2, 0.25) is 0 Å². The van der Waals surface area contributed by atoms with Crippen LogP contribution in [-0.4, -0.2) is 89.6 Å². The summed E-state index contributed by atoms with van der Waals surface area (Å²) < 4.78 is 63.4. The fourth-order valence-corrected chi connectivity index (χ4v) is 6.28. The third kappa shape index (κ3) is 5.94. The van der Waals surface area contributed by atoms with Crippen LogP contribution in [0.1, 0.15) is 52.5 Å². The Morgan fingerprint density at radius 2 is 1.95 bits per heavy atom. The largest absolute Gasteiger partial charge is 0.408 e. The number of alkyl halides is 3. The number of halogens is 3. The van der Waals surface area contributed by atoms with Crippen LogP contribution in [0.15, 0.2) is 12.3 Å². The molecule has 0 spiro atoms. The van der Waals surface area contributed by atoms with Crippen molar-refractivity contribution >= 4 is 39.0 Å². The van der Waals surface area contributed by atoms with Crippen LogP contribution in [0.25, 0.3) is 10.4 Å². The van der Waals surface area contributed by atoms with Crippen LogP contribution < -0.4 is 10.6 Å².